The van der Waals surface area contributed by atoms with Crippen LogP contribution in [-0.2, 0) is 16.0 Å². The normalized spacial score (nSPS) is 12.7. The van der Waals surface area contributed by atoms with Crippen LogP contribution >= 0.6 is 0 Å². The second kappa shape index (κ2) is 9.19. The summed E-state index contributed by atoms with van der Waals surface area (Å²) in [6, 6.07) is 15.4. The quantitative estimate of drug-likeness (QED) is 0.778. The average molecular weight is 368 g/mol. The molecule has 6 nitrogen and oxygen atoms in total. The molecule has 0 unspecified atom stereocenters. The molecule has 0 saturated heterocycles. The van der Waals surface area contributed by atoms with E-state index in [9.17, 15) is 9.59 Å². The van der Waals surface area contributed by atoms with Gasteiger partial charge in [0.1, 0.15) is 0 Å². The Kier molecular flexibility index (Phi) is 6.44. The van der Waals surface area contributed by atoms with Crippen molar-refractivity contribution in [1.29, 1.82) is 0 Å². The molecule has 27 heavy (non-hydrogen) atoms. The van der Waals surface area contributed by atoms with Crippen LogP contribution in [0.5, 0.6) is 5.75 Å². The lowest BCUT2D eigenvalue weighted by Gasteiger charge is -2.26. The molecule has 0 fully saturated rings. The van der Waals surface area contributed by atoms with Gasteiger partial charge in [-0.25, -0.2) is 0 Å². The molecular weight excluding hydrogens is 344 g/mol. The Bertz CT molecular complexity index is 792. The van der Waals surface area contributed by atoms with Crippen LogP contribution in [0.15, 0.2) is 48.5 Å². The van der Waals surface area contributed by atoms with Crippen molar-refractivity contribution in [3.8, 4) is 5.75 Å². The van der Waals surface area contributed by atoms with E-state index in [-0.39, 0.29) is 18.4 Å². The number of aryl methyl sites for hydroxylation is 1. The summed E-state index contributed by atoms with van der Waals surface area (Å²) in [5, 5.41) is 2.74. The van der Waals surface area contributed by atoms with Gasteiger partial charge in [-0.1, -0.05) is 36.4 Å². The fourth-order valence-corrected chi connectivity index (χ4v) is 3.09. The number of carbonyl (C=O) groups is 2. The van der Waals surface area contributed by atoms with E-state index in [1.54, 1.807) is 30.2 Å². The monoisotopic (exact) mass is 368 g/mol. The van der Waals surface area contributed by atoms with Gasteiger partial charge in [-0.3, -0.25) is 9.59 Å². The number of ether oxygens (including phenoxy) is 2. The van der Waals surface area contributed by atoms with E-state index in [0.717, 1.165) is 12.8 Å². The number of benzene rings is 2. The third-order valence-electron chi connectivity index (χ3n) is 4.46. The summed E-state index contributed by atoms with van der Waals surface area (Å²) in [5.41, 5.74) is 2.25. The van der Waals surface area contributed by atoms with Gasteiger partial charge in [0.05, 0.1) is 17.9 Å². The molecule has 2 aromatic carbocycles. The van der Waals surface area contributed by atoms with Crippen LogP contribution in [0.4, 0.5) is 5.69 Å². The standard InChI is InChI=1S/C21H24N2O4/c1-26-14-13-23(12-6-9-16-7-3-2-4-8-16)21(25)17-10-5-11-18-20(17)27-15-19(24)22-18/h2-5,7-8,10-11H,6,9,12-15H2,1H3,(H,22,24). The van der Waals surface area contributed by atoms with Crippen molar-refractivity contribution in [1.82, 2.24) is 4.90 Å². The van der Waals surface area contributed by atoms with E-state index in [4.69, 9.17) is 9.47 Å². The van der Waals surface area contributed by atoms with Crippen molar-refractivity contribution in [2.24, 2.45) is 0 Å². The van der Waals surface area contributed by atoms with Crippen LogP contribution in [0.3, 0.4) is 0 Å². The van der Waals surface area contributed by atoms with Crippen LogP contribution in [0.25, 0.3) is 0 Å². The first kappa shape index (κ1) is 18.9. The Morgan fingerprint density at radius 3 is 2.74 bits per heavy atom. The number of fused-ring (bicyclic) bond motifs is 1. The number of hydrogen-bond donors (Lipinski definition) is 1. The van der Waals surface area contributed by atoms with Crippen molar-refractivity contribution in [3.63, 3.8) is 0 Å². The zero-order valence-electron chi connectivity index (χ0n) is 15.4. The Morgan fingerprint density at radius 2 is 1.96 bits per heavy atom. The maximum atomic E-state index is 13.1. The molecular formula is C21H24N2O4. The fourth-order valence-electron chi connectivity index (χ4n) is 3.09. The Hall–Kier alpha value is -2.86. The van der Waals surface area contributed by atoms with Gasteiger partial charge in [-0.2, -0.15) is 0 Å². The van der Waals surface area contributed by atoms with E-state index < -0.39 is 0 Å². The summed E-state index contributed by atoms with van der Waals surface area (Å²) in [6.07, 6.45) is 1.75. The molecule has 0 aromatic heterocycles. The van der Waals surface area contributed by atoms with E-state index in [1.807, 2.05) is 18.2 Å². The predicted molar refractivity (Wildman–Crippen MR) is 103 cm³/mol. The minimum absolute atomic E-state index is 0.0800. The number of nitrogens with one attached hydrogen (secondary N) is 1. The maximum absolute atomic E-state index is 13.1. The Morgan fingerprint density at radius 1 is 1.15 bits per heavy atom. The molecule has 0 spiro atoms. The van der Waals surface area contributed by atoms with E-state index in [2.05, 4.69) is 17.4 Å². The molecule has 0 saturated carbocycles. The van der Waals surface area contributed by atoms with Gasteiger partial charge in [0.25, 0.3) is 11.8 Å². The van der Waals surface area contributed by atoms with Crippen LogP contribution < -0.4 is 10.1 Å². The molecule has 2 aromatic rings. The molecule has 1 N–H and O–H groups in total. The number of methoxy groups -OCH3 is 1. The predicted octanol–water partition coefficient (Wildman–Crippen LogP) is 2.74. The highest BCUT2D eigenvalue weighted by Gasteiger charge is 2.25. The molecule has 6 heteroatoms. The van der Waals surface area contributed by atoms with Gasteiger partial charge in [-0.05, 0) is 30.5 Å². The summed E-state index contributed by atoms with van der Waals surface area (Å²) < 4.78 is 10.7. The van der Waals surface area contributed by atoms with E-state index >= 15 is 0 Å². The zero-order chi connectivity index (χ0) is 19.1. The second-order valence-electron chi connectivity index (χ2n) is 6.39. The van der Waals surface area contributed by atoms with E-state index in [1.165, 1.54) is 5.56 Å². The lowest BCUT2D eigenvalue weighted by molar-refractivity contribution is -0.118. The van der Waals surface area contributed by atoms with Crippen molar-refractivity contribution >= 4 is 17.5 Å². The topological polar surface area (TPSA) is 67.9 Å². The average Bonchev–Trinajstić information content (AvgIpc) is 2.70. The molecule has 0 atom stereocenters. The first-order valence-electron chi connectivity index (χ1n) is 9.07. The molecule has 3 rings (SSSR count). The number of anilines is 1. The second-order valence-corrected chi connectivity index (χ2v) is 6.39. The summed E-state index contributed by atoms with van der Waals surface area (Å²) in [6.45, 7) is 1.50. The summed E-state index contributed by atoms with van der Waals surface area (Å²) in [5.74, 6) is 0.104. The highest BCUT2D eigenvalue weighted by Crippen LogP contribution is 2.32. The minimum Gasteiger partial charge on any atom is -0.481 e. The SMILES string of the molecule is COCCN(CCCc1ccccc1)C(=O)c1cccc2c1OCC(=O)N2. The van der Waals surface area contributed by atoms with Gasteiger partial charge >= 0.3 is 0 Å². The molecule has 1 heterocycles. The lowest BCUT2D eigenvalue weighted by atomic mass is 10.1. The maximum Gasteiger partial charge on any atom is 0.262 e. The van der Waals surface area contributed by atoms with Gasteiger partial charge < -0.3 is 19.7 Å². The first-order chi connectivity index (χ1) is 13.2. The highest BCUT2D eigenvalue weighted by atomic mass is 16.5. The van der Waals surface area contributed by atoms with Crippen molar-refractivity contribution in [3.05, 3.63) is 59.7 Å². The summed E-state index contributed by atoms with van der Waals surface area (Å²) in [7, 11) is 1.62. The third-order valence-corrected chi connectivity index (χ3v) is 4.46. The van der Waals surface area contributed by atoms with E-state index in [0.29, 0.717) is 36.7 Å². The molecule has 1 aliphatic rings. The number of rotatable bonds is 8. The Labute approximate surface area is 159 Å². The molecule has 0 aliphatic carbocycles. The van der Waals surface area contributed by atoms with Crippen LogP contribution in [0.1, 0.15) is 22.3 Å². The number of hydrogen-bond acceptors (Lipinski definition) is 4. The summed E-state index contributed by atoms with van der Waals surface area (Å²) in [4.78, 5) is 26.4. The van der Waals surface area contributed by atoms with Crippen molar-refractivity contribution in [2.75, 3.05) is 38.7 Å². The number of nitrogens with zero attached hydrogens (tertiary/aromatic N) is 1. The van der Waals surface area contributed by atoms with Crippen LogP contribution in [0, 0.1) is 0 Å². The van der Waals surface area contributed by atoms with Gasteiger partial charge in [0.2, 0.25) is 0 Å². The van der Waals surface area contributed by atoms with Crippen molar-refractivity contribution < 1.29 is 19.1 Å². The number of amides is 2. The molecule has 2 amide bonds. The lowest BCUT2D eigenvalue weighted by Crippen LogP contribution is -2.36. The largest absolute Gasteiger partial charge is 0.481 e. The third kappa shape index (κ3) is 4.86. The van der Waals surface area contributed by atoms with Crippen LogP contribution in [0.2, 0.25) is 0 Å². The Balaban J connectivity index is 1.71. The molecule has 142 valence electrons. The van der Waals surface area contributed by atoms with Gasteiger partial charge in [-0.15, -0.1) is 0 Å². The molecule has 0 bridgehead atoms. The number of para-hydroxylation sites is 1. The first-order valence-corrected chi connectivity index (χ1v) is 9.07. The smallest absolute Gasteiger partial charge is 0.262 e. The van der Waals surface area contributed by atoms with Gasteiger partial charge in [0.15, 0.2) is 12.4 Å². The van der Waals surface area contributed by atoms with Crippen molar-refractivity contribution in [2.45, 2.75) is 12.8 Å². The fraction of sp³-hybridized carbons (Fsp3) is 0.333. The highest BCUT2D eigenvalue weighted by molar-refractivity contribution is 6.03. The van der Waals surface area contributed by atoms with Gasteiger partial charge in [0, 0.05) is 20.2 Å². The number of carbonyl (C=O) groups excluding carboxylic acids is 2. The minimum atomic E-state index is -0.216. The zero-order valence-corrected chi connectivity index (χ0v) is 15.4. The summed E-state index contributed by atoms with van der Waals surface area (Å²) >= 11 is 0. The van der Waals surface area contributed by atoms with Crippen LogP contribution in [-0.4, -0.2) is 50.1 Å². The molecule has 1 aliphatic heterocycles. The molecule has 0 radical (unpaired) electrons.